The second-order valence-electron chi connectivity index (χ2n) is 6.79. The zero-order chi connectivity index (χ0) is 21.1. The van der Waals surface area contributed by atoms with Crippen molar-refractivity contribution in [2.45, 2.75) is 32.6 Å². The van der Waals surface area contributed by atoms with Gasteiger partial charge in [0.25, 0.3) is 0 Å². The van der Waals surface area contributed by atoms with Gasteiger partial charge in [0.1, 0.15) is 0 Å². The number of amides is 2. The normalized spacial score (nSPS) is 11.4. The lowest BCUT2D eigenvalue weighted by Gasteiger charge is -2.18. The fourth-order valence-corrected chi connectivity index (χ4v) is 4.06. The predicted molar refractivity (Wildman–Crippen MR) is 110 cm³/mol. The number of likely N-dealkylation sites (N-methyl/N-ethyl adjacent to an activating group) is 1. The molecule has 0 heterocycles. The standard InChI is InChI=1S/C20H25N3O4S/c1-13-10-14(2)20(15(3)11-13)22-19(25)12-23(5)28(26,27)18-8-6-17(7-9-18)21-16(4)24/h6-11H,12H2,1-5H3,(H,21,24)(H,22,25). The Morgan fingerprint density at radius 1 is 0.964 bits per heavy atom. The first kappa shape index (κ1) is 21.6. The lowest BCUT2D eigenvalue weighted by atomic mass is 10.1. The van der Waals surface area contributed by atoms with E-state index < -0.39 is 15.9 Å². The van der Waals surface area contributed by atoms with Gasteiger partial charge in [-0.1, -0.05) is 17.7 Å². The molecule has 0 atom stereocenters. The summed E-state index contributed by atoms with van der Waals surface area (Å²) in [5.74, 6) is -0.665. The summed E-state index contributed by atoms with van der Waals surface area (Å²) in [6.07, 6.45) is 0. The molecule has 2 amide bonds. The molecule has 2 rings (SSSR count). The average molecular weight is 404 g/mol. The largest absolute Gasteiger partial charge is 0.326 e. The first-order valence-corrected chi connectivity index (χ1v) is 10.2. The fourth-order valence-electron chi connectivity index (χ4n) is 2.94. The van der Waals surface area contributed by atoms with Crippen LogP contribution in [0.25, 0.3) is 0 Å². The van der Waals surface area contributed by atoms with E-state index >= 15 is 0 Å². The molecule has 0 aliphatic carbocycles. The van der Waals surface area contributed by atoms with Crippen LogP contribution in [0.5, 0.6) is 0 Å². The number of hydrogen-bond donors (Lipinski definition) is 2. The van der Waals surface area contributed by atoms with Crippen molar-refractivity contribution in [1.82, 2.24) is 4.31 Å². The van der Waals surface area contributed by atoms with Crippen molar-refractivity contribution >= 4 is 33.2 Å². The Labute approximate surface area is 165 Å². The molecular formula is C20H25N3O4S. The predicted octanol–water partition coefficient (Wildman–Crippen LogP) is 2.83. The zero-order valence-corrected chi connectivity index (χ0v) is 17.5. The van der Waals surface area contributed by atoms with E-state index in [1.54, 1.807) is 0 Å². The molecule has 8 heteroatoms. The molecule has 0 fully saturated rings. The molecule has 0 aromatic heterocycles. The maximum absolute atomic E-state index is 12.7. The van der Waals surface area contributed by atoms with Crippen molar-refractivity contribution in [3.05, 3.63) is 53.1 Å². The number of benzene rings is 2. The molecule has 28 heavy (non-hydrogen) atoms. The minimum absolute atomic E-state index is 0.0413. The van der Waals surface area contributed by atoms with Crippen LogP contribution in [0.1, 0.15) is 23.6 Å². The molecule has 2 aromatic rings. The second kappa shape index (κ2) is 8.53. The van der Waals surface area contributed by atoms with Crippen LogP contribution in [-0.2, 0) is 19.6 Å². The molecule has 0 unspecified atom stereocenters. The lowest BCUT2D eigenvalue weighted by molar-refractivity contribution is -0.116. The summed E-state index contributed by atoms with van der Waals surface area (Å²) in [4.78, 5) is 23.5. The molecule has 0 bridgehead atoms. The molecule has 0 spiro atoms. The van der Waals surface area contributed by atoms with Crippen molar-refractivity contribution in [2.24, 2.45) is 0 Å². The minimum atomic E-state index is -3.84. The van der Waals surface area contributed by atoms with Crippen LogP contribution >= 0.6 is 0 Å². The van der Waals surface area contributed by atoms with Crippen molar-refractivity contribution in [3.8, 4) is 0 Å². The molecule has 7 nitrogen and oxygen atoms in total. The van der Waals surface area contributed by atoms with Crippen LogP contribution in [0.2, 0.25) is 0 Å². The summed E-state index contributed by atoms with van der Waals surface area (Å²) in [6, 6.07) is 9.70. The number of sulfonamides is 1. The number of hydrogen-bond acceptors (Lipinski definition) is 4. The third-order valence-electron chi connectivity index (χ3n) is 4.19. The van der Waals surface area contributed by atoms with Gasteiger partial charge in [-0.2, -0.15) is 4.31 Å². The second-order valence-corrected chi connectivity index (χ2v) is 8.83. The highest BCUT2D eigenvalue weighted by Gasteiger charge is 2.23. The summed E-state index contributed by atoms with van der Waals surface area (Å²) in [5, 5.41) is 5.37. The van der Waals surface area contributed by atoms with Gasteiger partial charge in [-0.05, 0) is 56.2 Å². The van der Waals surface area contributed by atoms with E-state index in [0.717, 1.165) is 21.0 Å². The SMILES string of the molecule is CC(=O)Nc1ccc(S(=O)(=O)N(C)CC(=O)Nc2c(C)cc(C)cc2C)cc1. The van der Waals surface area contributed by atoms with Crippen molar-refractivity contribution in [2.75, 3.05) is 24.2 Å². The first-order valence-electron chi connectivity index (χ1n) is 8.72. The highest BCUT2D eigenvalue weighted by molar-refractivity contribution is 7.89. The Hall–Kier alpha value is -2.71. The van der Waals surface area contributed by atoms with E-state index in [1.807, 2.05) is 32.9 Å². The Morgan fingerprint density at radius 2 is 1.50 bits per heavy atom. The number of carbonyl (C=O) groups is 2. The molecule has 150 valence electrons. The Bertz CT molecular complexity index is 976. The van der Waals surface area contributed by atoms with E-state index in [4.69, 9.17) is 0 Å². The average Bonchev–Trinajstić information content (AvgIpc) is 2.58. The number of nitrogens with zero attached hydrogens (tertiary/aromatic N) is 1. The zero-order valence-electron chi connectivity index (χ0n) is 16.7. The van der Waals surface area contributed by atoms with E-state index in [2.05, 4.69) is 10.6 Å². The number of aryl methyl sites for hydroxylation is 3. The summed E-state index contributed by atoms with van der Waals surface area (Å²) < 4.78 is 26.4. The minimum Gasteiger partial charge on any atom is -0.326 e. The molecule has 0 aliphatic rings. The van der Waals surface area contributed by atoms with E-state index in [9.17, 15) is 18.0 Å². The quantitative estimate of drug-likeness (QED) is 0.775. The Kier molecular flexibility index (Phi) is 6.58. The van der Waals surface area contributed by atoms with Crippen molar-refractivity contribution in [1.29, 1.82) is 0 Å². The highest BCUT2D eigenvalue weighted by atomic mass is 32.2. The summed E-state index contributed by atoms with van der Waals surface area (Å²) >= 11 is 0. The van der Waals surface area contributed by atoms with Crippen LogP contribution in [-0.4, -0.2) is 38.1 Å². The van der Waals surface area contributed by atoms with Crippen LogP contribution in [0.15, 0.2) is 41.3 Å². The van der Waals surface area contributed by atoms with Gasteiger partial charge in [-0.25, -0.2) is 8.42 Å². The number of nitrogens with one attached hydrogen (secondary N) is 2. The van der Waals surface area contributed by atoms with Crippen LogP contribution in [0.3, 0.4) is 0 Å². The van der Waals surface area contributed by atoms with Gasteiger partial charge in [0, 0.05) is 25.3 Å². The number of anilines is 2. The van der Waals surface area contributed by atoms with E-state index in [1.165, 1.54) is 38.2 Å². The number of rotatable bonds is 6. The molecule has 0 saturated carbocycles. The molecule has 2 N–H and O–H groups in total. The van der Waals surface area contributed by atoms with E-state index in [0.29, 0.717) is 11.4 Å². The van der Waals surface area contributed by atoms with E-state index in [-0.39, 0.29) is 17.3 Å². The van der Waals surface area contributed by atoms with Gasteiger partial charge in [-0.15, -0.1) is 0 Å². The maximum atomic E-state index is 12.7. The fraction of sp³-hybridized carbons (Fsp3) is 0.300. The van der Waals surface area contributed by atoms with Crippen molar-refractivity contribution in [3.63, 3.8) is 0 Å². The molecule has 0 aliphatic heterocycles. The summed E-state index contributed by atoms with van der Waals surface area (Å²) in [7, 11) is -2.49. The van der Waals surface area contributed by atoms with Crippen LogP contribution < -0.4 is 10.6 Å². The van der Waals surface area contributed by atoms with Gasteiger partial charge >= 0.3 is 0 Å². The summed E-state index contributed by atoms with van der Waals surface area (Å²) in [5.41, 5.74) is 4.13. The highest BCUT2D eigenvalue weighted by Crippen LogP contribution is 2.22. The molecule has 2 aromatic carbocycles. The Balaban J connectivity index is 2.11. The lowest BCUT2D eigenvalue weighted by Crippen LogP contribution is -2.35. The van der Waals surface area contributed by atoms with Crippen molar-refractivity contribution < 1.29 is 18.0 Å². The maximum Gasteiger partial charge on any atom is 0.243 e. The van der Waals surface area contributed by atoms with Crippen LogP contribution in [0.4, 0.5) is 11.4 Å². The Morgan fingerprint density at radius 3 is 2.00 bits per heavy atom. The molecule has 0 radical (unpaired) electrons. The van der Waals surface area contributed by atoms with Gasteiger partial charge < -0.3 is 10.6 Å². The smallest absolute Gasteiger partial charge is 0.243 e. The molecular weight excluding hydrogens is 378 g/mol. The first-order chi connectivity index (χ1) is 13.0. The third-order valence-corrected chi connectivity index (χ3v) is 6.01. The molecule has 0 saturated heterocycles. The van der Waals surface area contributed by atoms with Gasteiger partial charge in [0.05, 0.1) is 11.4 Å². The summed E-state index contributed by atoms with van der Waals surface area (Å²) in [6.45, 7) is 6.82. The van der Waals surface area contributed by atoms with Crippen LogP contribution in [0, 0.1) is 20.8 Å². The van der Waals surface area contributed by atoms with Gasteiger partial charge in [-0.3, -0.25) is 9.59 Å². The number of carbonyl (C=O) groups excluding carboxylic acids is 2. The monoisotopic (exact) mass is 403 g/mol. The van der Waals surface area contributed by atoms with Gasteiger partial charge in [0.2, 0.25) is 21.8 Å². The topological polar surface area (TPSA) is 95.6 Å². The third kappa shape index (κ3) is 5.17. The van der Waals surface area contributed by atoms with Gasteiger partial charge in [0.15, 0.2) is 0 Å².